The first-order valence-electron chi connectivity index (χ1n) is 14.0. The highest BCUT2D eigenvalue weighted by molar-refractivity contribution is 6.21. The molecule has 0 saturated carbocycles. The van der Waals surface area contributed by atoms with E-state index in [0.717, 1.165) is 123 Å². The number of nitrogens with one attached hydrogen (secondary N) is 3. The Bertz CT molecular complexity index is 1980. The van der Waals surface area contributed by atoms with E-state index in [0.29, 0.717) is 0 Å². The maximum Gasteiger partial charge on any atom is 0.120 e. The quantitative estimate of drug-likeness (QED) is 0.296. The van der Waals surface area contributed by atoms with Crippen LogP contribution in [0, 0.1) is 0 Å². The third kappa shape index (κ3) is 3.34. The number of hydrogen-bond donors (Lipinski definition) is 3. The van der Waals surface area contributed by atoms with Crippen molar-refractivity contribution in [2.24, 2.45) is 4.99 Å². The van der Waals surface area contributed by atoms with Crippen LogP contribution in [0.4, 0.5) is 0 Å². The Labute approximate surface area is 224 Å². The van der Waals surface area contributed by atoms with Crippen LogP contribution in [0.3, 0.4) is 0 Å². The zero-order chi connectivity index (χ0) is 25.5. The molecule has 39 heavy (non-hydrogen) atoms. The van der Waals surface area contributed by atoms with E-state index in [1.807, 2.05) is 0 Å². The lowest BCUT2D eigenvalue weighted by molar-refractivity contribution is 0.647. The summed E-state index contributed by atoms with van der Waals surface area (Å²) in [6.45, 7) is 0. The van der Waals surface area contributed by atoms with Gasteiger partial charge in [-0.1, -0.05) is 0 Å². The Morgan fingerprint density at radius 2 is 1.23 bits per heavy atom. The maximum atomic E-state index is 5.20. The summed E-state index contributed by atoms with van der Waals surface area (Å²) in [4.78, 5) is 36.7. The lowest BCUT2D eigenvalue weighted by Crippen LogP contribution is -2.15. The van der Waals surface area contributed by atoms with E-state index in [9.17, 15) is 0 Å². The lowest BCUT2D eigenvalue weighted by atomic mass is 9.98. The number of aromatic amines is 3. The van der Waals surface area contributed by atoms with Gasteiger partial charge >= 0.3 is 0 Å². The summed E-state index contributed by atoms with van der Waals surface area (Å²) in [6.07, 6.45) is 14.9. The molecule has 8 bridgehead atoms. The molecule has 8 heteroatoms. The highest BCUT2D eigenvalue weighted by atomic mass is 15.0. The van der Waals surface area contributed by atoms with Crippen molar-refractivity contribution in [3.05, 3.63) is 91.9 Å². The number of aryl methyl sites for hydroxylation is 4. The van der Waals surface area contributed by atoms with Crippen LogP contribution < -0.4 is 10.7 Å². The zero-order valence-electron chi connectivity index (χ0n) is 21.4. The van der Waals surface area contributed by atoms with Crippen LogP contribution in [0.2, 0.25) is 0 Å². The second-order valence-corrected chi connectivity index (χ2v) is 11.0. The molecule has 9 rings (SSSR count). The molecule has 4 aliphatic heterocycles. The number of aliphatic imine (C=N–C) groups is 1. The monoisotopic (exact) mass is 510 g/mol. The van der Waals surface area contributed by atoms with Crippen molar-refractivity contribution in [3.8, 4) is 11.4 Å². The summed E-state index contributed by atoms with van der Waals surface area (Å²) in [5.41, 5.74) is 13.3. The van der Waals surface area contributed by atoms with Crippen molar-refractivity contribution >= 4 is 29.6 Å². The fraction of sp³-hybridized carbons (Fsp3) is 0.258. The summed E-state index contributed by atoms with van der Waals surface area (Å²) in [6, 6.07) is 8.34. The van der Waals surface area contributed by atoms with Gasteiger partial charge in [0.05, 0.1) is 34.2 Å². The van der Waals surface area contributed by atoms with Crippen molar-refractivity contribution in [3.63, 3.8) is 0 Å². The molecule has 8 nitrogen and oxygen atoms in total. The van der Waals surface area contributed by atoms with Gasteiger partial charge in [-0.15, -0.1) is 0 Å². The Morgan fingerprint density at radius 3 is 2.08 bits per heavy atom. The molecule has 2 aliphatic carbocycles. The van der Waals surface area contributed by atoms with Crippen LogP contribution in [0.1, 0.15) is 82.6 Å². The fourth-order valence-electron chi connectivity index (χ4n) is 6.39. The van der Waals surface area contributed by atoms with E-state index < -0.39 is 0 Å². The summed E-state index contributed by atoms with van der Waals surface area (Å²) >= 11 is 0. The molecule has 0 fully saturated rings. The van der Waals surface area contributed by atoms with Crippen molar-refractivity contribution in [1.29, 1.82) is 0 Å². The fourth-order valence-corrected chi connectivity index (χ4v) is 6.39. The standard InChI is InChI=1S/C31H26N8/c1-3-7-22-20(5-1)34-26-24-14-18-11-9-16(32-18)13-17-10-12-19(33-17)15-25-27-29(31(39-25)30(38-24)28(26)36-22)37-23-8-4-2-6-21(23)35-27/h9-15,32-33,36H,1-8H2. The molecule has 0 unspecified atom stereocenters. The molecule has 0 atom stereocenters. The van der Waals surface area contributed by atoms with E-state index in [1.165, 1.54) is 18.5 Å². The van der Waals surface area contributed by atoms with Gasteiger partial charge in [-0.25, -0.2) is 24.9 Å². The Morgan fingerprint density at radius 1 is 0.538 bits per heavy atom. The van der Waals surface area contributed by atoms with Crippen LogP contribution in [-0.4, -0.2) is 40.6 Å². The number of nitrogens with zero attached hydrogens (tertiary/aromatic N) is 5. The third-order valence-corrected chi connectivity index (χ3v) is 8.32. The highest BCUT2D eigenvalue weighted by Gasteiger charge is 2.34. The number of hydrogen-bond acceptors (Lipinski definition) is 5. The summed E-state index contributed by atoms with van der Waals surface area (Å²) in [7, 11) is 0. The van der Waals surface area contributed by atoms with Gasteiger partial charge in [0, 0.05) is 27.8 Å². The van der Waals surface area contributed by atoms with Crippen molar-refractivity contribution in [1.82, 2.24) is 34.9 Å². The van der Waals surface area contributed by atoms with Gasteiger partial charge in [-0.2, -0.15) is 0 Å². The van der Waals surface area contributed by atoms with Gasteiger partial charge in [0.15, 0.2) is 0 Å². The van der Waals surface area contributed by atoms with Gasteiger partial charge in [0.25, 0.3) is 0 Å². The largest absolute Gasteiger partial charge is 0.355 e. The van der Waals surface area contributed by atoms with Crippen LogP contribution >= 0.6 is 0 Å². The Kier molecular flexibility index (Phi) is 4.36. The van der Waals surface area contributed by atoms with Gasteiger partial charge in [0.1, 0.15) is 28.5 Å². The molecule has 3 aromatic rings. The second-order valence-electron chi connectivity index (χ2n) is 11.0. The van der Waals surface area contributed by atoms with Crippen molar-refractivity contribution in [2.45, 2.75) is 51.4 Å². The lowest BCUT2D eigenvalue weighted by Gasteiger charge is -2.17. The molecule has 0 radical (unpaired) electrons. The highest BCUT2D eigenvalue weighted by Crippen LogP contribution is 2.37. The number of rotatable bonds is 0. The van der Waals surface area contributed by atoms with Crippen LogP contribution in [0.15, 0.2) is 29.3 Å². The number of fused-ring (bicyclic) bond motifs is 16. The van der Waals surface area contributed by atoms with E-state index in [1.54, 1.807) is 0 Å². The predicted molar refractivity (Wildman–Crippen MR) is 150 cm³/mol. The summed E-state index contributed by atoms with van der Waals surface area (Å²) < 4.78 is 0. The van der Waals surface area contributed by atoms with Gasteiger partial charge < -0.3 is 15.0 Å². The van der Waals surface area contributed by atoms with Crippen LogP contribution in [0.5, 0.6) is 0 Å². The molecule has 3 N–H and O–H groups in total. The van der Waals surface area contributed by atoms with E-state index >= 15 is 0 Å². The Balaban J connectivity index is 1.37. The summed E-state index contributed by atoms with van der Waals surface area (Å²) in [5, 5.41) is 2.00. The van der Waals surface area contributed by atoms with Crippen molar-refractivity contribution < 1.29 is 0 Å². The third-order valence-electron chi connectivity index (χ3n) is 8.32. The molecular formula is C31H26N8. The topological polar surface area (TPSA) is 111 Å². The molecule has 0 aromatic carbocycles. The average molecular weight is 511 g/mol. The molecule has 0 spiro atoms. The minimum atomic E-state index is 0.774. The molecule has 3 aromatic heterocycles. The number of H-pyrrole nitrogens is 3. The molecule has 7 heterocycles. The first kappa shape index (κ1) is 21.4. The van der Waals surface area contributed by atoms with Gasteiger partial charge in [0.2, 0.25) is 0 Å². The minimum Gasteiger partial charge on any atom is -0.355 e. The summed E-state index contributed by atoms with van der Waals surface area (Å²) in [5.74, 6) is 0. The minimum absolute atomic E-state index is 0.774. The first-order valence-corrected chi connectivity index (χ1v) is 14.0. The SMILES string of the molecule is C1=C2N=C(c3nc4c(nc32)CCCC4)c2nc(c3nc4c([nH]c2-3)CCCC4)C=c2ccc([nH]2)=Cc2ccc1[nH]2. The van der Waals surface area contributed by atoms with Crippen molar-refractivity contribution in [2.75, 3.05) is 0 Å². The normalized spacial score (nSPS) is 17.1. The maximum absolute atomic E-state index is 5.20. The molecule has 0 amide bonds. The smallest absolute Gasteiger partial charge is 0.120 e. The van der Waals surface area contributed by atoms with Gasteiger partial charge in [-0.3, -0.25) is 0 Å². The Hall–Kier alpha value is -4.59. The van der Waals surface area contributed by atoms with E-state index in [2.05, 4.69) is 57.4 Å². The molecule has 190 valence electrons. The molecule has 6 aliphatic rings. The number of aromatic nitrogens is 7. The molecule has 0 saturated heterocycles. The second kappa shape index (κ2) is 7.96. The molecular weight excluding hydrogens is 484 g/mol. The zero-order valence-corrected chi connectivity index (χ0v) is 21.4. The van der Waals surface area contributed by atoms with E-state index in [4.69, 9.17) is 24.9 Å². The average Bonchev–Trinajstić information content (AvgIpc) is 3.74. The van der Waals surface area contributed by atoms with Crippen LogP contribution in [-0.2, 0) is 25.7 Å². The van der Waals surface area contributed by atoms with Gasteiger partial charge in [-0.05, 0) is 93.9 Å². The van der Waals surface area contributed by atoms with Crippen LogP contribution in [0.25, 0.3) is 35.3 Å². The van der Waals surface area contributed by atoms with E-state index in [-0.39, 0.29) is 0 Å². The first-order chi connectivity index (χ1) is 19.2. The predicted octanol–water partition coefficient (Wildman–Crippen LogP) is 3.43.